The predicted molar refractivity (Wildman–Crippen MR) is 118 cm³/mol. The van der Waals surface area contributed by atoms with E-state index in [0.29, 0.717) is 23.1 Å². The Labute approximate surface area is 201 Å². The molecular formula is C22H17Cl2F4N3O3. The highest BCUT2D eigenvalue weighted by molar-refractivity contribution is 6.35. The van der Waals surface area contributed by atoms with Crippen LogP contribution >= 0.6 is 23.2 Å². The molecule has 2 aliphatic heterocycles. The lowest BCUT2D eigenvalue weighted by molar-refractivity contribution is -0.275. The smallest absolute Gasteiger partial charge is 0.374 e. The van der Waals surface area contributed by atoms with E-state index in [1.54, 1.807) is 13.8 Å². The van der Waals surface area contributed by atoms with Gasteiger partial charge in [0.15, 0.2) is 5.82 Å². The number of benzene rings is 2. The van der Waals surface area contributed by atoms with Gasteiger partial charge in [-0.1, -0.05) is 39.6 Å². The van der Waals surface area contributed by atoms with Gasteiger partial charge in [0.1, 0.15) is 0 Å². The van der Waals surface area contributed by atoms with E-state index >= 15 is 0 Å². The van der Waals surface area contributed by atoms with E-state index in [9.17, 15) is 22.4 Å². The zero-order valence-electron chi connectivity index (χ0n) is 17.8. The van der Waals surface area contributed by atoms with Crippen molar-refractivity contribution in [1.29, 1.82) is 0 Å². The monoisotopic (exact) mass is 517 g/mol. The number of carbonyl (C=O) groups is 1. The molecule has 180 valence electrons. The van der Waals surface area contributed by atoms with E-state index in [4.69, 9.17) is 32.9 Å². The van der Waals surface area contributed by atoms with Crippen LogP contribution in [0.1, 0.15) is 46.8 Å². The first-order valence-electron chi connectivity index (χ1n) is 9.99. The Morgan fingerprint density at radius 2 is 1.82 bits per heavy atom. The molecule has 0 aromatic heterocycles. The summed E-state index contributed by atoms with van der Waals surface area (Å²) in [6.07, 6.45) is -5.75. The van der Waals surface area contributed by atoms with Gasteiger partial charge in [-0.2, -0.15) is 13.2 Å². The molecular weight excluding hydrogens is 501 g/mol. The zero-order chi connectivity index (χ0) is 24.8. The molecule has 0 saturated heterocycles. The maximum Gasteiger partial charge on any atom is 0.435 e. The van der Waals surface area contributed by atoms with Crippen LogP contribution in [0, 0.1) is 12.7 Å². The number of halogens is 6. The van der Waals surface area contributed by atoms with E-state index in [1.165, 1.54) is 18.2 Å². The Balaban J connectivity index is 1.59. The number of hydrogen-bond donors (Lipinski definition) is 1. The third kappa shape index (κ3) is 4.32. The maximum absolute atomic E-state index is 14.2. The van der Waals surface area contributed by atoms with Crippen LogP contribution in [0.5, 0.6) is 0 Å². The van der Waals surface area contributed by atoms with Crippen molar-refractivity contribution in [1.82, 2.24) is 5.32 Å². The van der Waals surface area contributed by atoms with E-state index in [-0.39, 0.29) is 5.71 Å². The van der Waals surface area contributed by atoms with Gasteiger partial charge in [0.2, 0.25) is 6.23 Å². The number of hydrogen-bond acceptors (Lipinski definition) is 5. The molecule has 0 aliphatic carbocycles. The van der Waals surface area contributed by atoms with Gasteiger partial charge in [0.05, 0.1) is 21.5 Å². The second-order valence-electron chi connectivity index (χ2n) is 8.01. The molecule has 2 aromatic carbocycles. The van der Waals surface area contributed by atoms with Crippen molar-refractivity contribution in [3.8, 4) is 0 Å². The minimum atomic E-state index is -4.92. The van der Waals surface area contributed by atoms with Crippen LogP contribution in [0.15, 0.2) is 40.6 Å². The van der Waals surface area contributed by atoms with Crippen molar-refractivity contribution in [2.45, 2.75) is 44.7 Å². The Bertz CT molecular complexity index is 1210. The standard InChI is InChI=1S/C22H17Cl2F4N3O3/c1-10-5-12(3-4-14(10)20(32)29-18-6-11(2)30-33-18)17-9-21(34-31-17,22(26,27)28)13-7-15(23)19(25)16(24)8-13/h3-5,7-8,18H,6,9H2,1-2H3,(H,29,32)/t18?,21-/m0/s1. The van der Waals surface area contributed by atoms with Crippen molar-refractivity contribution < 1.29 is 32.0 Å². The van der Waals surface area contributed by atoms with Gasteiger partial charge in [-0.05, 0) is 49.2 Å². The van der Waals surface area contributed by atoms with E-state index in [2.05, 4.69) is 15.6 Å². The molecule has 0 radical (unpaired) electrons. The van der Waals surface area contributed by atoms with Gasteiger partial charge in [-0.3, -0.25) is 4.79 Å². The SMILES string of the molecule is CC1=NOC(NC(=O)c2ccc(C3=NO[C@@](c4cc(Cl)c(F)c(Cl)c4)(C(F)(F)F)C3)cc2C)C1. The molecule has 2 atom stereocenters. The Morgan fingerprint density at radius 1 is 1.15 bits per heavy atom. The van der Waals surface area contributed by atoms with Crippen molar-refractivity contribution in [2.24, 2.45) is 10.3 Å². The number of nitrogens with zero attached hydrogens (tertiary/aromatic N) is 2. The van der Waals surface area contributed by atoms with Gasteiger partial charge in [0, 0.05) is 24.0 Å². The van der Waals surface area contributed by atoms with Crippen molar-refractivity contribution in [3.63, 3.8) is 0 Å². The summed E-state index contributed by atoms with van der Waals surface area (Å²) in [6, 6.07) is 6.13. The van der Waals surface area contributed by atoms with Gasteiger partial charge >= 0.3 is 6.18 Å². The van der Waals surface area contributed by atoms with E-state index < -0.39 is 51.8 Å². The molecule has 1 N–H and O–H groups in total. The molecule has 6 nitrogen and oxygen atoms in total. The van der Waals surface area contributed by atoms with Crippen LogP contribution in [-0.2, 0) is 15.3 Å². The van der Waals surface area contributed by atoms with Gasteiger partial charge in [-0.15, -0.1) is 0 Å². The number of aryl methyl sites for hydroxylation is 1. The van der Waals surface area contributed by atoms with Gasteiger partial charge in [-0.25, -0.2) is 4.39 Å². The van der Waals surface area contributed by atoms with Crippen molar-refractivity contribution in [3.05, 3.63) is 68.4 Å². The lowest BCUT2D eigenvalue weighted by atomic mass is 9.86. The fourth-order valence-corrected chi connectivity index (χ4v) is 4.23. The highest BCUT2D eigenvalue weighted by Gasteiger charge is 2.62. The van der Waals surface area contributed by atoms with Crippen LogP contribution in [0.3, 0.4) is 0 Å². The zero-order valence-corrected chi connectivity index (χ0v) is 19.3. The summed E-state index contributed by atoms with van der Waals surface area (Å²) in [5, 5.41) is 9.00. The molecule has 12 heteroatoms. The fourth-order valence-electron chi connectivity index (χ4n) is 3.74. The fraction of sp³-hybridized carbons (Fsp3) is 0.318. The average Bonchev–Trinajstić information content (AvgIpc) is 3.38. The largest absolute Gasteiger partial charge is 0.435 e. The molecule has 1 unspecified atom stereocenters. The highest BCUT2D eigenvalue weighted by atomic mass is 35.5. The van der Waals surface area contributed by atoms with Gasteiger partial charge < -0.3 is 15.0 Å². The minimum absolute atomic E-state index is 0.00731. The molecule has 4 rings (SSSR count). The van der Waals surface area contributed by atoms with Crippen molar-refractivity contribution >= 4 is 40.5 Å². The number of carbonyl (C=O) groups excluding carboxylic acids is 1. The normalized spacial score (nSPS) is 22.1. The number of alkyl halides is 3. The average molecular weight is 518 g/mol. The molecule has 0 spiro atoms. The quantitative estimate of drug-likeness (QED) is 0.406. The first-order chi connectivity index (χ1) is 15.9. The lowest BCUT2D eigenvalue weighted by Gasteiger charge is -2.29. The highest BCUT2D eigenvalue weighted by Crippen LogP contribution is 2.50. The maximum atomic E-state index is 14.2. The van der Waals surface area contributed by atoms with Crippen LogP contribution in [0.2, 0.25) is 10.0 Å². The first-order valence-corrected chi connectivity index (χ1v) is 10.7. The molecule has 34 heavy (non-hydrogen) atoms. The van der Waals surface area contributed by atoms with Crippen LogP contribution < -0.4 is 5.32 Å². The summed E-state index contributed by atoms with van der Waals surface area (Å²) < 4.78 is 56.3. The summed E-state index contributed by atoms with van der Waals surface area (Å²) in [5.74, 6) is -1.44. The summed E-state index contributed by atoms with van der Waals surface area (Å²) in [5.41, 5.74) is -1.49. The summed E-state index contributed by atoms with van der Waals surface area (Å²) in [4.78, 5) is 22.6. The van der Waals surface area contributed by atoms with Crippen LogP contribution in [0.25, 0.3) is 0 Å². The Morgan fingerprint density at radius 3 is 2.38 bits per heavy atom. The summed E-state index contributed by atoms with van der Waals surface area (Å²) in [6.45, 7) is 3.41. The second-order valence-corrected chi connectivity index (χ2v) is 8.83. The third-order valence-electron chi connectivity index (χ3n) is 5.55. The summed E-state index contributed by atoms with van der Waals surface area (Å²) in [7, 11) is 0. The number of rotatable bonds is 4. The Kier molecular flexibility index (Phi) is 6.24. The second kappa shape index (κ2) is 8.74. The van der Waals surface area contributed by atoms with E-state index in [1.807, 2.05) is 0 Å². The number of nitrogens with one attached hydrogen (secondary N) is 1. The first kappa shape index (κ1) is 24.3. The number of amides is 1. The molecule has 2 aromatic rings. The van der Waals surface area contributed by atoms with Crippen LogP contribution in [0.4, 0.5) is 17.6 Å². The lowest BCUT2D eigenvalue weighted by Crippen LogP contribution is -2.42. The molecule has 2 aliphatic rings. The predicted octanol–water partition coefficient (Wildman–Crippen LogP) is 5.88. The topological polar surface area (TPSA) is 72.3 Å². The Hall–Kier alpha value is -2.85. The molecule has 1 amide bonds. The third-order valence-corrected chi connectivity index (χ3v) is 6.10. The molecule has 0 fully saturated rings. The van der Waals surface area contributed by atoms with Crippen LogP contribution in [-0.4, -0.2) is 29.7 Å². The van der Waals surface area contributed by atoms with E-state index in [0.717, 1.165) is 17.8 Å². The molecule has 0 bridgehead atoms. The number of oxime groups is 2. The van der Waals surface area contributed by atoms with Gasteiger partial charge in [0.25, 0.3) is 11.5 Å². The van der Waals surface area contributed by atoms with Crippen molar-refractivity contribution in [2.75, 3.05) is 0 Å². The summed E-state index contributed by atoms with van der Waals surface area (Å²) >= 11 is 11.5. The molecule has 0 saturated carbocycles. The molecule has 2 heterocycles. The minimum Gasteiger partial charge on any atom is -0.374 e.